The Bertz CT molecular complexity index is 1250. The van der Waals surface area contributed by atoms with Gasteiger partial charge >= 0.3 is 0 Å². The van der Waals surface area contributed by atoms with Crippen molar-refractivity contribution in [2.24, 2.45) is 5.92 Å². The van der Waals surface area contributed by atoms with E-state index in [0.717, 1.165) is 25.1 Å². The first-order valence-electron chi connectivity index (χ1n) is 12.0. The molecule has 2 saturated heterocycles. The summed E-state index contributed by atoms with van der Waals surface area (Å²) in [7, 11) is 0. The third-order valence-corrected chi connectivity index (χ3v) is 7.29. The number of H-pyrrole nitrogens is 1. The molecule has 11 heteroatoms. The largest absolute Gasteiger partial charge is 0.379 e. The zero-order valence-electron chi connectivity index (χ0n) is 20.2. The molecule has 0 saturated carbocycles. The van der Waals surface area contributed by atoms with Gasteiger partial charge in [-0.25, -0.2) is 18.7 Å². The van der Waals surface area contributed by atoms with E-state index in [1.165, 1.54) is 0 Å². The second-order valence-electron chi connectivity index (χ2n) is 9.87. The number of piperidine rings is 1. The highest BCUT2D eigenvalue weighted by Crippen LogP contribution is 2.34. The molecule has 0 spiro atoms. The average molecular weight is 519 g/mol. The van der Waals surface area contributed by atoms with Gasteiger partial charge in [0.05, 0.1) is 23.9 Å². The number of likely N-dealkylation sites (tertiary alicyclic amines) is 1. The number of aliphatic hydroxyl groups is 1. The highest BCUT2D eigenvalue weighted by molar-refractivity contribution is 6.30. The smallest absolute Gasteiger partial charge is 0.229 e. The van der Waals surface area contributed by atoms with Gasteiger partial charge in [-0.05, 0) is 51.6 Å². The predicted octanol–water partition coefficient (Wildman–Crippen LogP) is 4.24. The number of hydrogen-bond acceptors (Lipinski definition) is 7. The van der Waals surface area contributed by atoms with Crippen molar-refractivity contribution in [2.75, 3.05) is 25.1 Å². The monoisotopic (exact) mass is 518 g/mol. The topological polar surface area (TPSA) is 99.2 Å². The standard InChI is InChI=1S/C25H29ClF2N6O2/c1-14-8-20(33-32-14)30-24-29-19(22(28)23(31-24)25(35)12-36-13-25)10-16-6-7-34(15(2)9-16)11-17-4-3-5-18(26)21(17)27/h3-5,8,15-16,35H,6-7,9-13H2,1-2H3,(H2,29,30,31,32,33)/t15-,16-/m1/s1. The molecular formula is C25H29ClF2N6O2. The number of ether oxygens (including phenoxy) is 1. The lowest BCUT2D eigenvalue weighted by molar-refractivity contribution is -0.188. The van der Waals surface area contributed by atoms with Gasteiger partial charge in [-0.3, -0.25) is 10.00 Å². The van der Waals surface area contributed by atoms with Crippen LogP contribution in [0.2, 0.25) is 5.02 Å². The van der Waals surface area contributed by atoms with Gasteiger partial charge in [0.2, 0.25) is 5.95 Å². The van der Waals surface area contributed by atoms with E-state index >= 15 is 4.39 Å². The van der Waals surface area contributed by atoms with E-state index in [0.29, 0.717) is 24.3 Å². The van der Waals surface area contributed by atoms with Crippen LogP contribution in [0.1, 0.15) is 42.4 Å². The van der Waals surface area contributed by atoms with Crippen LogP contribution in [0.4, 0.5) is 20.5 Å². The summed E-state index contributed by atoms with van der Waals surface area (Å²) in [5.41, 5.74) is 0.137. The van der Waals surface area contributed by atoms with Gasteiger partial charge in [-0.2, -0.15) is 5.10 Å². The summed E-state index contributed by atoms with van der Waals surface area (Å²) in [6, 6.07) is 7.00. The Balaban J connectivity index is 1.33. The van der Waals surface area contributed by atoms with Crippen molar-refractivity contribution in [3.63, 3.8) is 0 Å². The van der Waals surface area contributed by atoms with E-state index < -0.39 is 11.4 Å². The Morgan fingerprint density at radius 2 is 2.08 bits per heavy atom. The first-order valence-corrected chi connectivity index (χ1v) is 12.4. The minimum Gasteiger partial charge on any atom is -0.379 e. The fraction of sp³-hybridized carbons (Fsp3) is 0.480. The molecule has 2 aromatic heterocycles. The Hall–Kier alpha value is -2.66. The third-order valence-electron chi connectivity index (χ3n) is 7.00. The predicted molar refractivity (Wildman–Crippen MR) is 131 cm³/mol. The first kappa shape index (κ1) is 25.0. The lowest BCUT2D eigenvalue weighted by Crippen LogP contribution is -2.48. The molecule has 0 radical (unpaired) electrons. The van der Waals surface area contributed by atoms with Crippen LogP contribution in [-0.2, 0) is 23.3 Å². The van der Waals surface area contributed by atoms with Crippen molar-refractivity contribution in [3.05, 3.63) is 63.6 Å². The molecule has 3 N–H and O–H groups in total. The fourth-order valence-corrected chi connectivity index (χ4v) is 5.12. The molecule has 4 heterocycles. The summed E-state index contributed by atoms with van der Waals surface area (Å²) in [5, 5.41) is 20.9. The lowest BCUT2D eigenvalue weighted by Gasteiger charge is -2.38. The lowest BCUT2D eigenvalue weighted by atomic mass is 9.86. The first-order chi connectivity index (χ1) is 17.2. The van der Waals surface area contributed by atoms with Gasteiger partial charge in [-0.1, -0.05) is 23.7 Å². The summed E-state index contributed by atoms with van der Waals surface area (Å²) >= 11 is 5.94. The van der Waals surface area contributed by atoms with Crippen molar-refractivity contribution < 1.29 is 18.6 Å². The summed E-state index contributed by atoms with van der Waals surface area (Å²) in [4.78, 5) is 11.0. The van der Waals surface area contributed by atoms with Gasteiger partial charge in [0.15, 0.2) is 17.2 Å². The molecule has 2 aliphatic heterocycles. The number of aryl methyl sites for hydroxylation is 1. The van der Waals surface area contributed by atoms with E-state index in [1.807, 2.05) is 6.92 Å². The molecule has 5 rings (SSSR count). The van der Waals surface area contributed by atoms with Crippen LogP contribution in [0, 0.1) is 24.5 Å². The molecule has 0 amide bonds. The number of nitrogens with zero attached hydrogens (tertiary/aromatic N) is 4. The van der Waals surface area contributed by atoms with E-state index in [1.54, 1.807) is 24.3 Å². The summed E-state index contributed by atoms with van der Waals surface area (Å²) in [6.07, 6.45) is 2.01. The zero-order chi connectivity index (χ0) is 25.4. The maximum absolute atomic E-state index is 15.6. The maximum atomic E-state index is 15.6. The van der Waals surface area contributed by atoms with Crippen LogP contribution in [-0.4, -0.2) is 56.0 Å². The second-order valence-corrected chi connectivity index (χ2v) is 10.3. The van der Waals surface area contributed by atoms with E-state index in [2.05, 4.69) is 37.3 Å². The van der Waals surface area contributed by atoms with Crippen LogP contribution in [0.5, 0.6) is 0 Å². The SMILES string of the molecule is Cc1cc(Nc2nc(C[C@@H]3CCN(Cc4cccc(Cl)c4F)[C@H](C)C3)c(F)c(C3(O)COC3)n2)n[nH]1. The van der Waals surface area contributed by atoms with Gasteiger partial charge < -0.3 is 15.2 Å². The molecule has 2 fully saturated rings. The molecule has 36 heavy (non-hydrogen) atoms. The summed E-state index contributed by atoms with van der Waals surface area (Å²) in [5.74, 6) is -0.126. The molecule has 2 atom stereocenters. The molecule has 2 aliphatic rings. The Labute approximate surface area is 213 Å². The number of halogens is 3. The summed E-state index contributed by atoms with van der Waals surface area (Å²) in [6.45, 7) is 5.14. The van der Waals surface area contributed by atoms with Gasteiger partial charge in [0, 0.05) is 29.9 Å². The van der Waals surface area contributed by atoms with E-state index in [9.17, 15) is 9.50 Å². The van der Waals surface area contributed by atoms with Crippen LogP contribution < -0.4 is 5.32 Å². The quantitative estimate of drug-likeness (QED) is 0.430. The molecule has 1 aromatic carbocycles. The van der Waals surface area contributed by atoms with Gasteiger partial charge in [0.1, 0.15) is 11.5 Å². The number of hydrogen-bond donors (Lipinski definition) is 3. The van der Waals surface area contributed by atoms with Crippen LogP contribution in [0.15, 0.2) is 24.3 Å². The Kier molecular flexibility index (Phi) is 6.95. The van der Waals surface area contributed by atoms with Crippen molar-refractivity contribution >= 4 is 23.4 Å². The number of rotatable bonds is 7. The molecule has 192 valence electrons. The van der Waals surface area contributed by atoms with E-state index in [4.69, 9.17) is 16.3 Å². The van der Waals surface area contributed by atoms with Crippen LogP contribution in [0.25, 0.3) is 0 Å². The van der Waals surface area contributed by atoms with Crippen LogP contribution >= 0.6 is 11.6 Å². The molecule has 0 bridgehead atoms. The number of nitrogens with one attached hydrogen (secondary N) is 2. The fourth-order valence-electron chi connectivity index (χ4n) is 4.92. The number of anilines is 2. The molecule has 3 aromatic rings. The Morgan fingerprint density at radius 1 is 1.28 bits per heavy atom. The molecule has 8 nitrogen and oxygen atoms in total. The number of aromatic nitrogens is 4. The van der Waals surface area contributed by atoms with Gasteiger partial charge in [0.25, 0.3) is 0 Å². The number of aromatic amines is 1. The molecule has 0 aliphatic carbocycles. The minimum absolute atomic E-state index is 0.0171. The minimum atomic E-state index is -1.47. The highest BCUT2D eigenvalue weighted by atomic mass is 35.5. The zero-order valence-corrected chi connectivity index (χ0v) is 20.9. The number of benzene rings is 1. The second kappa shape index (κ2) is 10.0. The molecular weight excluding hydrogens is 490 g/mol. The Morgan fingerprint density at radius 3 is 2.75 bits per heavy atom. The van der Waals surface area contributed by atoms with Gasteiger partial charge in [-0.15, -0.1) is 0 Å². The van der Waals surface area contributed by atoms with Crippen molar-refractivity contribution in [1.82, 2.24) is 25.1 Å². The highest BCUT2D eigenvalue weighted by Gasteiger charge is 2.43. The van der Waals surface area contributed by atoms with Crippen molar-refractivity contribution in [2.45, 2.75) is 51.3 Å². The normalized spacial score (nSPS) is 21.8. The van der Waals surface area contributed by atoms with Crippen molar-refractivity contribution in [3.8, 4) is 0 Å². The van der Waals surface area contributed by atoms with Crippen molar-refractivity contribution in [1.29, 1.82) is 0 Å². The average Bonchev–Trinajstić information content (AvgIpc) is 3.23. The van der Waals surface area contributed by atoms with Crippen LogP contribution in [0.3, 0.4) is 0 Å². The molecule has 0 unspecified atom stereocenters. The van der Waals surface area contributed by atoms with E-state index in [-0.39, 0.29) is 53.3 Å². The summed E-state index contributed by atoms with van der Waals surface area (Å²) < 4.78 is 35.1. The third kappa shape index (κ3) is 5.08. The maximum Gasteiger partial charge on any atom is 0.229 e.